The number of aliphatic hydroxyl groups is 2. The van der Waals surface area contributed by atoms with Gasteiger partial charge in [0.05, 0.1) is 12.7 Å². The maximum absolute atomic E-state index is 10.7. The molecule has 1 aromatic rings. The third-order valence-electron chi connectivity index (χ3n) is 4.17. The van der Waals surface area contributed by atoms with Crippen LogP contribution in [0.15, 0.2) is 18.2 Å². The predicted octanol–water partition coefficient (Wildman–Crippen LogP) is 3.52. The maximum Gasteiger partial charge on any atom is 0.324 e. The average molecular weight is 374 g/mol. The Morgan fingerprint density at radius 1 is 0.880 bits per heavy atom. The first kappa shape index (κ1) is 24.5. The van der Waals surface area contributed by atoms with Crippen molar-refractivity contribution in [2.45, 2.75) is 72.3 Å². The monoisotopic (exact) mass is 374 g/mol. The zero-order valence-electron chi connectivity index (χ0n) is 16.7. The molecule has 0 spiro atoms. The number of hydrogen-bond donors (Lipinski definition) is 5. The molecule has 1 rings (SSSR count). The zero-order chi connectivity index (χ0) is 20.2. The Bertz CT molecular complexity index is 539. The van der Waals surface area contributed by atoms with Crippen molar-refractivity contribution >= 4 is 8.60 Å². The second-order valence-corrected chi connectivity index (χ2v) is 9.66. The van der Waals surface area contributed by atoms with E-state index in [1.807, 2.05) is 19.9 Å². The van der Waals surface area contributed by atoms with Crippen LogP contribution in [-0.4, -0.2) is 31.5 Å². The van der Waals surface area contributed by atoms with Crippen molar-refractivity contribution < 1.29 is 24.9 Å². The van der Waals surface area contributed by atoms with Crippen LogP contribution in [0.3, 0.4) is 0 Å². The van der Waals surface area contributed by atoms with Crippen molar-refractivity contribution in [1.29, 1.82) is 0 Å². The van der Waals surface area contributed by atoms with Crippen molar-refractivity contribution in [2.24, 2.45) is 5.41 Å². The van der Waals surface area contributed by atoms with E-state index in [1.165, 1.54) is 5.56 Å². The number of hydrogen-bond acceptors (Lipinski definition) is 5. The molecule has 1 aromatic carbocycles. The smallest absolute Gasteiger partial charge is 0.324 e. The summed E-state index contributed by atoms with van der Waals surface area (Å²) in [4.78, 5) is 21.7. The second-order valence-electron chi connectivity index (χ2n) is 9.12. The first-order chi connectivity index (χ1) is 11.0. The van der Waals surface area contributed by atoms with Crippen LogP contribution in [0.1, 0.15) is 78.2 Å². The van der Waals surface area contributed by atoms with Crippen LogP contribution in [0, 0.1) is 5.41 Å². The summed E-state index contributed by atoms with van der Waals surface area (Å²) >= 11 is 0. The number of benzene rings is 1. The van der Waals surface area contributed by atoms with E-state index in [0.29, 0.717) is 0 Å². The van der Waals surface area contributed by atoms with Crippen LogP contribution >= 0.6 is 8.60 Å². The number of aliphatic hydroxyl groups excluding tert-OH is 2. The lowest BCUT2D eigenvalue weighted by atomic mass is 9.74. The molecular formula is C19H35O5P. The summed E-state index contributed by atoms with van der Waals surface area (Å²) in [5.41, 5.74) is 2.83. The standard InChI is InChI=1S/C19H32O2.H3O3P/c1-17(2,3)13-9-10-14(15(11-13)18(4,5)6)16(21)19(7,8)12-20;1-4(2)3/h9-11,16,20-21H,12H2,1-8H3;1-3H. The normalized spacial score (nSPS) is 14.2. The summed E-state index contributed by atoms with van der Waals surface area (Å²) in [6.45, 7) is 16.8. The molecule has 6 heteroatoms. The van der Waals surface area contributed by atoms with Crippen LogP contribution in [0.25, 0.3) is 0 Å². The molecule has 146 valence electrons. The Labute approximate surface area is 153 Å². The van der Waals surface area contributed by atoms with Gasteiger partial charge in [-0.05, 0) is 27.5 Å². The molecule has 0 aliphatic carbocycles. The Morgan fingerprint density at radius 2 is 1.32 bits per heavy atom. The highest BCUT2D eigenvalue weighted by Gasteiger charge is 2.33. The molecule has 0 aromatic heterocycles. The Morgan fingerprint density at radius 3 is 1.64 bits per heavy atom. The molecule has 0 heterocycles. The topological polar surface area (TPSA) is 101 Å². The largest absolute Gasteiger partial charge is 0.396 e. The molecule has 0 saturated carbocycles. The fourth-order valence-electron chi connectivity index (χ4n) is 2.42. The van der Waals surface area contributed by atoms with E-state index in [9.17, 15) is 10.2 Å². The van der Waals surface area contributed by atoms with Crippen LogP contribution in [-0.2, 0) is 10.8 Å². The molecule has 5 N–H and O–H groups in total. The average Bonchev–Trinajstić information content (AvgIpc) is 2.43. The van der Waals surface area contributed by atoms with Gasteiger partial charge in [0, 0.05) is 5.41 Å². The van der Waals surface area contributed by atoms with Gasteiger partial charge in [0.25, 0.3) is 0 Å². The summed E-state index contributed by atoms with van der Waals surface area (Å²) < 4.78 is 0. The molecule has 5 nitrogen and oxygen atoms in total. The van der Waals surface area contributed by atoms with Gasteiger partial charge in [0.15, 0.2) is 0 Å². The van der Waals surface area contributed by atoms with E-state index in [-0.39, 0.29) is 17.4 Å². The summed E-state index contributed by atoms with van der Waals surface area (Å²) in [6.07, 6.45) is -0.675. The predicted molar refractivity (Wildman–Crippen MR) is 103 cm³/mol. The SMILES string of the molecule is CC(C)(C)c1ccc(C(O)C(C)(C)CO)c(C(C)(C)C)c1.OP(O)O. The molecule has 0 radical (unpaired) electrons. The van der Waals surface area contributed by atoms with Crippen LogP contribution in [0.4, 0.5) is 0 Å². The van der Waals surface area contributed by atoms with E-state index in [1.54, 1.807) is 0 Å². The van der Waals surface area contributed by atoms with Crippen LogP contribution in [0.2, 0.25) is 0 Å². The van der Waals surface area contributed by atoms with Gasteiger partial charge in [-0.1, -0.05) is 73.6 Å². The Kier molecular flexibility index (Phi) is 8.70. The molecule has 0 aliphatic heterocycles. The van der Waals surface area contributed by atoms with Gasteiger partial charge >= 0.3 is 8.60 Å². The van der Waals surface area contributed by atoms with Crippen molar-refractivity contribution in [2.75, 3.05) is 6.61 Å². The molecule has 25 heavy (non-hydrogen) atoms. The van der Waals surface area contributed by atoms with Crippen LogP contribution < -0.4 is 0 Å². The van der Waals surface area contributed by atoms with E-state index >= 15 is 0 Å². The molecule has 1 atom stereocenters. The lowest BCUT2D eigenvalue weighted by Gasteiger charge is -2.34. The van der Waals surface area contributed by atoms with E-state index in [2.05, 4.69) is 53.7 Å². The fourth-order valence-corrected chi connectivity index (χ4v) is 2.42. The fraction of sp³-hybridized carbons (Fsp3) is 0.684. The zero-order valence-corrected chi connectivity index (χ0v) is 17.6. The van der Waals surface area contributed by atoms with Gasteiger partial charge in [-0.3, -0.25) is 0 Å². The minimum atomic E-state index is -2.62. The molecule has 0 bridgehead atoms. The van der Waals surface area contributed by atoms with Gasteiger partial charge in [-0.15, -0.1) is 0 Å². The highest BCUT2D eigenvalue weighted by atomic mass is 31.2. The van der Waals surface area contributed by atoms with Gasteiger partial charge in [-0.2, -0.15) is 0 Å². The first-order valence-corrected chi connectivity index (χ1v) is 9.54. The lowest BCUT2D eigenvalue weighted by molar-refractivity contribution is 0.00536. The van der Waals surface area contributed by atoms with Gasteiger partial charge in [0.2, 0.25) is 0 Å². The van der Waals surface area contributed by atoms with Gasteiger partial charge in [-0.25, -0.2) is 0 Å². The lowest BCUT2D eigenvalue weighted by Crippen LogP contribution is -2.29. The van der Waals surface area contributed by atoms with Gasteiger partial charge < -0.3 is 24.9 Å². The van der Waals surface area contributed by atoms with Crippen molar-refractivity contribution in [3.05, 3.63) is 34.9 Å². The molecule has 0 saturated heterocycles. The Balaban J connectivity index is 0.00000129. The maximum atomic E-state index is 10.7. The molecule has 0 fully saturated rings. The molecule has 1 unspecified atom stereocenters. The van der Waals surface area contributed by atoms with Crippen molar-refractivity contribution in [3.8, 4) is 0 Å². The summed E-state index contributed by atoms with van der Waals surface area (Å²) in [5, 5.41) is 20.3. The molecular weight excluding hydrogens is 339 g/mol. The van der Waals surface area contributed by atoms with Gasteiger partial charge in [0.1, 0.15) is 0 Å². The van der Waals surface area contributed by atoms with E-state index in [0.717, 1.165) is 11.1 Å². The highest BCUT2D eigenvalue weighted by molar-refractivity contribution is 7.38. The summed E-state index contributed by atoms with van der Waals surface area (Å²) in [5.74, 6) is 0. The summed E-state index contributed by atoms with van der Waals surface area (Å²) in [7, 11) is -2.62. The first-order valence-electron chi connectivity index (χ1n) is 8.34. The molecule has 0 aliphatic rings. The summed E-state index contributed by atoms with van der Waals surface area (Å²) in [6, 6.07) is 6.34. The number of rotatable bonds is 3. The Hall–Kier alpha value is -0.550. The minimum Gasteiger partial charge on any atom is -0.396 e. The van der Waals surface area contributed by atoms with Crippen molar-refractivity contribution in [3.63, 3.8) is 0 Å². The van der Waals surface area contributed by atoms with Crippen molar-refractivity contribution in [1.82, 2.24) is 0 Å². The third-order valence-corrected chi connectivity index (χ3v) is 4.17. The quantitative estimate of drug-likeness (QED) is 0.521. The highest BCUT2D eigenvalue weighted by Crippen LogP contribution is 2.40. The second kappa shape index (κ2) is 8.90. The van der Waals surface area contributed by atoms with E-state index in [4.69, 9.17) is 14.7 Å². The molecule has 0 amide bonds. The minimum absolute atomic E-state index is 0.0429. The third kappa shape index (κ3) is 7.69. The van der Waals surface area contributed by atoms with E-state index < -0.39 is 20.1 Å². The van der Waals surface area contributed by atoms with Crippen LogP contribution in [0.5, 0.6) is 0 Å².